The second-order valence-electron chi connectivity index (χ2n) is 8.05. The molecule has 0 bridgehead atoms. The molecular formula is C24H33FN4O. The number of aliphatic imine (C=N–C) groups is 1. The lowest BCUT2D eigenvalue weighted by Crippen LogP contribution is -2.58. The number of guanidine groups is 1. The van der Waals surface area contributed by atoms with Crippen LogP contribution in [0.5, 0.6) is 0 Å². The van der Waals surface area contributed by atoms with E-state index in [9.17, 15) is 4.39 Å². The normalized spacial score (nSPS) is 17.4. The summed E-state index contributed by atoms with van der Waals surface area (Å²) in [5.74, 6) is 0.600. The van der Waals surface area contributed by atoms with E-state index in [-0.39, 0.29) is 17.4 Å². The Hall–Kier alpha value is -2.44. The minimum atomic E-state index is -0.219. The first kappa shape index (κ1) is 22.2. The van der Waals surface area contributed by atoms with Gasteiger partial charge in [-0.2, -0.15) is 0 Å². The molecule has 2 N–H and O–H groups in total. The van der Waals surface area contributed by atoms with Crippen molar-refractivity contribution >= 4 is 5.96 Å². The van der Waals surface area contributed by atoms with Crippen molar-refractivity contribution in [2.45, 2.75) is 37.9 Å². The maximum Gasteiger partial charge on any atom is 0.193 e. The molecule has 2 aromatic carbocycles. The Morgan fingerprint density at radius 3 is 2.43 bits per heavy atom. The number of nitrogens with one attached hydrogen (secondary N) is 2. The van der Waals surface area contributed by atoms with Crippen LogP contribution in [-0.2, 0) is 11.3 Å². The van der Waals surface area contributed by atoms with E-state index >= 15 is 0 Å². The maximum absolute atomic E-state index is 13.2. The van der Waals surface area contributed by atoms with E-state index < -0.39 is 0 Å². The molecule has 1 heterocycles. The van der Waals surface area contributed by atoms with Crippen molar-refractivity contribution in [1.29, 1.82) is 0 Å². The van der Waals surface area contributed by atoms with Crippen LogP contribution in [0.15, 0.2) is 59.6 Å². The minimum absolute atomic E-state index is 0.0693. The number of hydrogen-bond acceptors (Lipinski definition) is 3. The molecule has 2 aromatic rings. The van der Waals surface area contributed by atoms with Crippen molar-refractivity contribution in [3.63, 3.8) is 0 Å². The molecule has 162 valence electrons. The van der Waals surface area contributed by atoms with E-state index in [1.165, 1.54) is 17.7 Å². The van der Waals surface area contributed by atoms with Gasteiger partial charge >= 0.3 is 0 Å². The molecule has 0 radical (unpaired) electrons. The van der Waals surface area contributed by atoms with Crippen molar-refractivity contribution in [3.05, 3.63) is 71.5 Å². The summed E-state index contributed by atoms with van der Waals surface area (Å²) in [6.07, 6.45) is 1.88. The van der Waals surface area contributed by atoms with Gasteiger partial charge < -0.3 is 20.3 Å². The van der Waals surface area contributed by atoms with Crippen LogP contribution in [0.4, 0.5) is 4.39 Å². The van der Waals surface area contributed by atoms with Gasteiger partial charge in [-0.1, -0.05) is 42.5 Å². The number of rotatable bonds is 7. The van der Waals surface area contributed by atoms with E-state index in [0.29, 0.717) is 6.54 Å². The molecular weight excluding hydrogens is 379 g/mol. The Bertz CT molecular complexity index is 804. The molecule has 1 atom stereocenters. The second-order valence-corrected chi connectivity index (χ2v) is 8.05. The van der Waals surface area contributed by atoms with Crippen LogP contribution < -0.4 is 10.6 Å². The van der Waals surface area contributed by atoms with Gasteiger partial charge in [-0.3, -0.25) is 4.99 Å². The van der Waals surface area contributed by atoms with E-state index in [1.54, 1.807) is 7.05 Å². The molecule has 0 aromatic heterocycles. The first-order chi connectivity index (χ1) is 14.5. The minimum Gasteiger partial charge on any atom is -0.381 e. The highest BCUT2D eigenvalue weighted by Gasteiger charge is 2.34. The molecule has 0 saturated carbocycles. The molecule has 3 rings (SSSR count). The Morgan fingerprint density at radius 2 is 1.80 bits per heavy atom. The van der Waals surface area contributed by atoms with Gasteiger partial charge in [-0.15, -0.1) is 0 Å². The summed E-state index contributed by atoms with van der Waals surface area (Å²) < 4.78 is 18.8. The van der Waals surface area contributed by atoms with Crippen LogP contribution in [0.1, 0.15) is 36.9 Å². The van der Waals surface area contributed by atoms with Gasteiger partial charge in [0.25, 0.3) is 0 Å². The standard InChI is InChI=1S/C24H33FN4O/c1-19(21-7-5-4-6-8-21)28-24(13-15-30-16-14-24)18-27-23(26-2)29(3)17-20-9-11-22(25)12-10-20/h4-12,19,28H,13-18H2,1-3H3,(H,26,27). The molecule has 0 amide bonds. The molecule has 1 fully saturated rings. The zero-order valence-electron chi connectivity index (χ0n) is 18.2. The van der Waals surface area contributed by atoms with Crippen molar-refractivity contribution in [2.75, 3.05) is 33.9 Å². The summed E-state index contributed by atoms with van der Waals surface area (Å²) >= 11 is 0. The zero-order chi connectivity index (χ0) is 21.4. The molecule has 0 aliphatic carbocycles. The smallest absolute Gasteiger partial charge is 0.193 e. The van der Waals surface area contributed by atoms with Gasteiger partial charge in [0, 0.05) is 52.0 Å². The summed E-state index contributed by atoms with van der Waals surface area (Å²) in [7, 11) is 3.79. The van der Waals surface area contributed by atoms with Crippen molar-refractivity contribution in [3.8, 4) is 0 Å². The molecule has 1 saturated heterocycles. The Labute approximate surface area is 179 Å². The van der Waals surface area contributed by atoms with Crippen LogP contribution in [-0.4, -0.2) is 50.3 Å². The summed E-state index contributed by atoms with van der Waals surface area (Å²) in [4.78, 5) is 6.51. The predicted molar refractivity (Wildman–Crippen MR) is 120 cm³/mol. The number of hydrogen-bond donors (Lipinski definition) is 2. The summed E-state index contributed by atoms with van der Waals surface area (Å²) in [6, 6.07) is 17.4. The van der Waals surface area contributed by atoms with E-state index in [2.05, 4.69) is 51.7 Å². The molecule has 1 unspecified atom stereocenters. The number of nitrogens with zero attached hydrogens (tertiary/aromatic N) is 2. The fourth-order valence-electron chi connectivity index (χ4n) is 3.99. The van der Waals surface area contributed by atoms with Crippen molar-refractivity contribution in [1.82, 2.24) is 15.5 Å². The molecule has 1 aliphatic heterocycles. The highest BCUT2D eigenvalue weighted by Crippen LogP contribution is 2.25. The first-order valence-electron chi connectivity index (χ1n) is 10.6. The fraction of sp³-hybridized carbons (Fsp3) is 0.458. The largest absolute Gasteiger partial charge is 0.381 e. The summed E-state index contributed by atoms with van der Waals surface area (Å²) in [5.41, 5.74) is 2.25. The lowest BCUT2D eigenvalue weighted by molar-refractivity contribution is 0.0353. The summed E-state index contributed by atoms with van der Waals surface area (Å²) in [6.45, 7) is 5.13. The SMILES string of the molecule is CN=C(NCC1(NC(C)c2ccccc2)CCOCC1)N(C)Cc1ccc(F)cc1. The second kappa shape index (κ2) is 10.5. The van der Waals surface area contributed by atoms with Gasteiger partial charge in [0.15, 0.2) is 5.96 Å². The van der Waals surface area contributed by atoms with Gasteiger partial charge in [-0.05, 0) is 43.0 Å². The zero-order valence-corrected chi connectivity index (χ0v) is 18.2. The van der Waals surface area contributed by atoms with Crippen molar-refractivity contribution < 1.29 is 9.13 Å². The van der Waals surface area contributed by atoms with Gasteiger partial charge in [0.2, 0.25) is 0 Å². The van der Waals surface area contributed by atoms with Gasteiger partial charge in [0.1, 0.15) is 5.82 Å². The lowest BCUT2D eigenvalue weighted by atomic mass is 9.88. The highest BCUT2D eigenvalue weighted by atomic mass is 19.1. The van der Waals surface area contributed by atoms with Crippen molar-refractivity contribution in [2.24, 2.45) is 4.99 Å². The predicted octanol–water partition coefficient (Wildman–Crippen LogP) is 3.73. The lowest BCUT2D eigenvalue weighted by Gasteiger charge is -2.41. The van der Waals surface area contributed by atoms with Crippen LogP contribution in [0, 0.1) is 5.82 Å². The maximum atomic E-state index is 13.2. The quantitative estimate of drug-likeness (QED) is 0.537. The summed E-state index contributed by atoms with van der Waals surface area (Å²) in [5, 5.41) is 7.42. The van der Waals surface area contributed by atoms with E-state index in [1.807, 2.05) is 25.2 Å². The molecule has 6 heteroatoms. The average molecular weight is 413 g/mol. The topological polar surface area (TPSA) is 48.9 Å². The molecule has 5 nitrogen and oxygen atoms in total. The number of ether oxygens (including phenoxy) is 1. The van der Waals surface area contributed by atoms with Crippen LogP contribution >= 0.6 is 0 Å². The van der Waals surface area contributed by atoms with Crippen LogP contribution in [0.3, 0.4) is 0 Å². The van der Waals surface area contributed by atoms with Crippen LogP contribution in [0.25, 0.3) is 0 Å². The third-order valence-corrected chi connectivity index (χ3v) is 5.76. The molecule has 30 heavy (non-hydrogen) atoms. The number of halogens is 1. The highest BCUT2D eigenvalue weighted by molar-refractivity contribution is 5.79. The Balaban J connectivity index is 1.64. The Kier molecular flexibility index (Phi) is 7.82. The van der Waals surface area contributed by atoms with Crippen LogP contribution in [0.2, 0.25) is 0 Å². The van der Waals surface area contributed by atoms with E-state index in [4.69, 9.17) is 4.74 Å². The Morgan fingerprint density at radius 1 is 1.13 bits per heavy atom. The first-order valence-corrected chi connectivity index (χ1v) is 10.6. The van der Waals surface area contributed by atoms with E-state index in [0.717, 1.165) is 44.1 Å². The van der Waals surface area contributed by atoms with Gasteiger partial charge in [0.05, 0.1) is 0 Å². The van der Waals surface area contributed by atoms with Gasteiger partial charge in [-0.25, -0.2) is 4.39 Å². The average Bonchev–Trinajstić information content (AvgIpc) is 2.77. The fourth-order valence-corrected chi connectivity index (χ4v) is 3.99. The number of benzene rings is 2. The molecule has 1 aliphatic rings. The third-order valence-electron chi connectivity index (χ3n) is 5.76. The monoisotopic (exact) mass is 412 g/mol. The molecule has 0 spiro atoms. The third kappa shape index (κ3) is 6.03.